The fourth-order valence-corrected chi connectivity index (χ4v) is 4.81. The first-order chi connectivity index (χ1) is 19.0. The predicted molar refractivity (Wildman–Crippen MR) is 151 cm³/mol. The van der Waals surface area contributed by atoms with Gasteiger partial charge in [0.25, 0.3) is 12.6 Å². The lowest BCUT2D eigenvalue weighted by Crippen LogP contribution is -2.39. The molecule has 0 atom stereocenters. The van der Waals surface area contributed by atoms with Gasteiger partial charge in [0, 0.05) is 41.9 Å². The predicted octanol–water partition coefficient (Wildman–Crippen LogP) is 6.59. The largest absolute Gasteiger partial charge is 0.496 e. The molecule has 2 aromatic carbocycles. The highest BCUT2D eigenvalue weighted by molar-refractivity contribution is 6.67. The van der Waals surface area contributed by atoms with Crippen LogP contribution < -0.4 is 10.1 Å². The highest BCUT2D eigenvalue weighted by atomic mass is 19.2. The molecule has 0 radical (unpaired) electrons. The van der Waals surface area contributed by atoms with Crippen molar-refractivity contribution in [1.82, 2.24) is 4.90 Å². The number of hydrogen-bond acceptors (Lipinski definition) is 5. The molecule has 0 aliphatic carbocycles. The first-order valence-corrected chi connectivity index (χ1v) is 13.2. The van der Waals surface area contributed by atoms with Crippen LogP contribution in [-0.2, 0) is 4.74 Å². The summed E-state index contributed by atoms with van der Waals surface area (Å²) in [5, 5.41) is 11.7. The Hall–Kier alpha value is -4.13. The highest BCUT2D eigenvalue weighted by Gasteiger charge is 2.26. The van der Waals surface area contributed by atoms with Crippen LogP contribution in [0.2, 0.25) is 12.6 Å². The molecular weight excluding hydrogens is 515 g/mol. The number of benzene rings is 2. The van der Waals surface area contributed by atoms with Crippen LogP contribution in [0.3, 0.4) is 0 Å². The van der Waals surface area contributed by atoms with E-state index >= 15 is 0 Å². The second-order valence-corrected chi connectivity index (χ2v) is 10.9. The number of hydrogen-bond donors (Lipinski definition) is 1. The minimum atomic E-state index is -1.22. The molecule has 2 aliphatic heterocycles. The number of anilines is 1. The van der Waals surface area contributed by atoms with E-state index in [0.717, 1.165) is 11.1 Å². The fourth-order valence-electron chi connectivity index (χ4n) is 4.81. The first kappa shape index (κ1) is 28.9. The van der Waals surface area contributed by atoms with Crippen molar-refractivity contribution in [2.75, 3.05) is 25.5 Å². The maximum absolute atomic E-state index is 15.0. The Balaban J connectivity index is 1.47. The summed E-state index contributed by atoms with van der Waals surface area (Å²) in [6, 6.07) is 7.75. The van der Waals surface area contributed by atoms with E-state index in [9.17, 15) is 18.4 Å². The number of ether oxygens (including phenoxy) is 2. The Bertz CT molecular complexity index is 1430. The van der Waals surface area contributed by atoms with Crippen molar-refractivity contribution in [3.8, 4) is 11.7 Å². The number of nitriles is 1. The third-order valence-corrected chi connectivity index (χ3v) is 6.93. The van der Waals surface area contributed by atoms with Crippen LogP contribution in [0.5, 0.6) is 5.75 Å². The van der Waals surface area contributed by atoms with E-state index in [1.165, 1.54) is 19.2 Å². The standard InChI is InChI=1S/C30H32BF2N3O4/c1-30(2,3)40-29(38)36-15-11-20(12-16-36)22-6-5-21(17-25(22)39-4)35-28(37)24-8-7-23(26(32)27(24)33)19-9-13-31(18-34)14-10-19/h5-9,11,17H,10,12-16H2,1-4H3,(H,35,37). The van der Waals surface area contributed by atoms with Gasteiger partial charge in [-0.05, 0) is 69.3 Å². The summed E-state index contributed by atoms with van der Waals surface area (Å²) in [7, 11) is 1.51. The van der Waals surface area contributed by atoms with Gasteiger partial charge in [0.2, 0.25) is 0 Å². The van der Waals surface area contributed by atoms with Crippen LogP contribution in [-0.4, -0.2) is 49.4 Å². The van der Waals surface area contributed by atoms with Crippen molar-refractivity contribution in [3.63, 3.8) is 0 Å². The molecule has 0 unspecified atom stereocenters. The van der Waals surface area contributed by atoms with Crippen LogP contribution in [0.15, 0.2) is 42.5 Å². The fraction of sp³-hybridized carbons (Fsp3) is 0.367. The summed E-state index contributed by atoms with van der Waals surface area (Å²) in [6.45, 7) is 6.22. The van der Waals surface area contributed by atoms with Gasteiger partial charge >= 0.3 is 6.09 Å². The van der Waals surface area contributed by atoms with E-state index in [-0.39, 0.29) is 18.4 Å². The van der Waals surface area contributed by atoms with Gasteiger partial charge < -0.3 is 19.7 Å². The van der Waals surface area contributed by atoms with Crippen LogP contribution in [0.4, 0.5) is 19.3 Å². The summed E-state index contributed by atoms with van der Waals surface area (Å²) >= 11 is 0. The van der Waals surface area contributed by atoms with E-state index in [1.807, 2.05) is 26.8 Å². The number of halogens is 2. The van der Waals surface area contributed by atoms with E-state index in [4.69, 9.17) is 14.7 Å². The Morgan fingerprint density at radius 2 is 1.77 bits per heavy atom. The zero-order chi connectivity index (χ0) is 29.0. The van der Waals surface area contributed by atoms with Gasteiger partial charge in [-0.3, -0.25) is 4.79 Å². The summed E-state index contributed by atoms with van der Waals surface area (Å²) in [4.78, 5) is 26.9. The van der Waals surface area contributed by atoms with Gasteiger partial charge in [-0.15, -0.1) is 0 Å². The number of rotatable bonds is 5. The van der Waals surface area contributed by atoms with Crippen molar-refractivity contribution in [2.24, 2.45) is 0 Å². The van der Waals surface area contributed by atoms with Gasteiger partial charge in [0.05, 0.1) is 12.7 Å². The molecule has 2 amide bonds. The topological polar surface area (TPSA) is 91.7 Å². The molecule has 2 aromatic rings. The molecule has 4 rings (SSSR count). The minimum Gasteiger partial charge on any atom is -0.496 e. The normalized spacial score (nSPS) is 15.5. The van der Waals surface area contributed by atoms with Crippen molar-refractivity contribution < 1.29 is 27.8 Å². The summed E-state index contributed by atoms with van der Waals surface area (Å²) in [5.74, 6) is -0.390. The van der Waals surface area contributed by atoms with Crippen LogP contribution in [0.1, 0.15) is 55.1 Å². The zero-order valence-electron chi connectivity index (χ0n) is 23.1. The Labute approximate surface area is 233 Å². The Morgan fingerprint density at radius 1 is 1.05 bits per heavy atom. The summed E-state index contributed by atoms with van der Waals surface area (Å²) < 4.78 is 40.9. The van der Waals surface area contributed by atoms with Crippen LogP contribution >= 0.6 is 0 Å². The molecule has 40 heavy (non-hydrogen) atoms. The number of methoxy groups -OCH3 is 1. The molecular formula is C30H32BF2N3O4. The third kappa shape index (κ3) is 6.53. The minimum absolute atomic E-state index is 0.113. The van der Waals surface area contributed by atoms with Gasteiger partial charge in [-0.25, -0.2) is 18.8 Å². The maximum Gasteiger partial charge on any atom is 0.410 e. The van der Waals surface area contributed by atoms with E-state index in [2.05, 4.69) is 11.3 Å². The summed E-state index contributed by atoms with van der Waals surface area (Å²) in [6.07, 6.45) is 5.47. The van der Waals surface area contributed by atoms with Crippen LogP contribution in [0.25, 0.3) is 11.1 Å². The Morgan fingerprint density at radius 3 is 2.38 bits per heavy atom. The van der Waals surface area contributed by atoms with E-state index < -0.39 is 28.7 Å². The number of amides is 2. The lowest BCUT2D eigenvalue weighted by Gasteiger charge is -2.30. The monoisotopic (exact) mass is 547 g/mol. The molecule has 7 nitrogen and oxygen atoms in total. The number of allylic oxidation sites excluding steroid dienone is 2. The maximum atomic E-state index is 15.0. The summed E-state index contributed by atoms with van der Waals surface area (Å²) in [5.41, 5.74) is 1.92. The van der Waals surface area contributed by atoms with Crippen molar-refractivity contribution in [3.05, 3.63) is 70.8 Å². The average Bonchev–Trinajstić information content (AvgIpc) is 2.93. The SMILES string of the molecule is COc1cc(NC(=O)c2ccc(C3=CCB(C#N)CC3)c(F)c2F)ccc1C1=CCN(C(=O)OC(C)(C)C)CC1. The molecule has 0 fully saturated rings. The smallest absolute Gasteiger partial charge is 0.410 e. The Kier molecular flexibility index (Phi) is 8.62. The van der Waals surface area contributed by atoms with Gasteiger partial charge in [0.1, 0.15) is 11.4 Å². The van der Waals surface area contributed by atoms with Gasteiger partial charge in [0.15, 0.2) is 11.6 Å². The molecule has 208 valence electrons. The first-order valence-electron chi connectivity index (χ1n) is 13.2. The number of carbonyl (C=O) groups excluding carboxylic acids is 2. The molecule has 0 saturated carbocycles. The van der Waals surface area contributed by atoms with E-state index in [0.29, 0.717) is 55.6 Å². The number of nitrogens with one attached hydrogen (secondary N) is 1. The molecule has 0 aromatic heterocycles. The van der Waals surface area contributed by atoms with Crippen molar-refractivity contribution in [1.29, 1.82) is 5.26 Å². The molecule has 0 bridgehead atoms. The lowest BCUT2D eigenvalue weighted by molar-refractivity contribution is 0.0270. The quantitative estimate of drug-likeness (QED) is 0.427. The van der Waals surface area contributed by atoms with Gasteiger partial charge in [-0.2, -0.15) is 0 Å². The molecule has 0 spiro atoms. The average molecular weight is 547 g/mol. The number of nitrogens with zero attached hydrogens (tertiary/aromatic N) is 2. The molecule has 10 heteroatoms. The lowest BCUT2D eigenvalue weighted by atomic mass is 9.43. The van der Waals surface area contributed by atoms with Gasteiger partial charge in [-0.1, -0.05) is 24.5 Å². The van der Waals surface area contributed by atoms with Crippen molar-refractivity contribution in [2.45, 2.75) is 51.9 Å². The second kappa shape index (κ2) is 11.9. The second-order valence-electron chi connectivity index (χ2n) is 10.9. The molecule has 2 aliphatic rings. The zero-order valence-corrected chi connectivity index (χ0v) is 23.1. The van der Waals surface area contributed by atoms with E-state index in [1.54, 1.807) is 29.2 Å². The third-order valence-electron chi connectivity index (χ3n) is 6.93. The molecule has 2 heterocycles. The number of carbonyl (C=O) groups is 2. The highest BCUT2D eigenvalue weighted by Crippen LogP contribution is 2.34. The van der Waals surface area contributed by atoms with Crippen LogP contribution in [0, 0.1) is 22.9 Å². The molecule has 0 saturated heterocycles. The molecule has 1 N–H and O–H groups in total. The van der Waals surface area contributed by atoms with Crippen molar-refractivity contribution >= 4 is 35.5 Å².